The van der Waals surface area contributed by atoms with Gasteiger partial charge in [-0.3, -0.25) is 19.2 Å². The van der Waals surface area contributed by atoms with Crippen molar-refractivity contribution in [1.29, 1.82) is 0 Å². The van der Waals surface area contributed by atoms with Crippen LogP contribution in [0.25, 0.3) is 0 Å². The van der Waals surface area contributed by atoms with Crippen molar-refractivity contribution in [2.45, 2.75) is 145 Å². The number of carbonyl (C=O) groups excluding carboxylic acids is 5. The van der Waals surface area contributed by atoms with E-state index in [2.05, 4.69) is 71.3 Å². The number of fused-ring (bicyclic) bond motifs is 1. The summed E-state index contributed by atoms with van der Waals surface area (Å²) in [5.74, 6) is -1.99. The normalized spacial score (nSPS) is 25.3. The smallest absolute Gasteiger partial charge is 0.315 e. The monoisotopic (exact) mass is 631 g/mol. The highest BCUT2D eigenvalue weighted by Crippen LogP contribution is 2.65. The Morgan fingerprint density at radius 2 is 1.53 bits per heavy atom. The number of nitrogens with one attached hydrogen (secondary N) is 3. The molecule has 2 saturated carbocycles. The minimum Gasteiger partial charge on any atom is -0.363 e. The first kappa shape index (κ1) is 36.8. The van der Waals surface area contributed by atoms with Crippen LogP contribution in [-0.4, -0.2) is 64.6 Å². The number of urea groups is 1. The quantitative estimate of drug-likeness (QED) is 0.220. The molecule has 0 bridgehead atoms. The van der Waals surface area contributed by atoms with Crippen LogP contribution in [0.1, 0.15) is 121 Å². The summed E-state index contributed by atoms with van der Waals surface area (Å²) in [6, 6.07) is -3.11. The van der Waals surface area contributed by atoms with E-state index in [4.69, 9.17) is 5.73 Å². The summed E-state index contributed by atoms with van der Waals surface area (Å²) in [4.78, 5) is 68.0. The number of ketones is 1. The Balaban J connectivity index is 1.82. The maximum Gasteiger partial charge on any atom is 0.315 e. The van der Waals surface area contributed by atoms with Gasteiger partial charge in [-0.25, -0.2) is 4.79 Å². The number of carbonyl (C=O) groups is 5. The zero-order chi connectivity index (χ0) is 34.3. The van der Waals surface area contributed by atoms with Crippen molar-refractivity contribution in [3.8, 4) is 0 Å². The topological polar surface area (TPSA) is 151 Å². The minimum atomic E-state index is -1.07. The number of amides is 5. The predicted molar refractivity (Wildman–Crippen MR) is 176 cm³/mol. The summed E-state index contributed by atoms with van der Waals surface area (Å²) in [5, 5.41) is 9.03. The number of primary amides is 1. The maximum absolute atomic E-state index is 14.3. The molecule has 1 heterocycles. The Labute approximate surface area is 271 Å². The third kappa shape index (κ3) is 9.00. The second-order valence-corrected chi connectivity index (χ2v) is 17.8. The molecule has 3 rings (SSSR count). The van der Waals surface area contributed by atoms with Crippen LogP contribution in [0.2, 0.25) is 0 Å². The van der Waals surface area contributed by atoms with Gasteiger partial charge in [-0.15, -0.1) is 0 Å². The molecule has 0 radical (unpaired) electrons. The molecule has 1 aliphatic heterocycles. The summed E-state index contributed by atoms with van der Waals surface area (Å²) in [6.45, 7) is 23.2. The van der Waals surface area contributed by atoms with Crippen LogP contribution in [-0.2, 0) is 19.2 Å². The molecule has 1 saturated heterocycles. The van der Waals surface area contributed by atoms with Gasteiger partial charge in [0, 0.05) is 12.1 Å². The van der Waals surface area contributed by atoms with Gasteiger partial charge in [0.15, 0.2) is 0 Å². The van der Waals surface area contributed by atoms with Crippen LogP contribution < -0.4 is 21.7 Å². The molecule has 0 aromatic heterocycles. The number of hydrogen-bond donors (Lipinski definition) is 4. The molecule has 10 heteroatoms. The van der Waals surface area contributed by atoms with Crippen LogP contribution in [0.3, 0.4) is 0 Å². The standard InChI is InChI=1S/C35H61N5O5/c1-20(2)18-35(11,16-15-32(3,4)5)39-31(45)38-27(33(6,7)8)30(44)40-19-22-24(34(22,9)10)25(40)29(43)37-23(26(41)28(36)42)17-21-13-12-14-21/h20-25,27H,12-19H2,1-11H3,(H2,36,42)(H,37,43)(H2,38,39,45)/t22?,23?,24-,25-,27+,35?/m0/s1. The molecule has 256 valence electrons. The average molecular weight is 632 g/mol. The lowest BCUT2D eigenvalue weighted by Gasteiger charge is -2.39. The lowest BCUT2D eigenvalue weighted by atomic mass is 9.80. The van der Waals surface area contributed by atoms with Gasteiger partial charge in [0.05, 0.1) is 6.04 Å². The van der Waals surface area contributed by atoms with Gasteiger partial charge in [0.25, 0.3) is 5.91 Å². The highest BCUT2D eigenvalue weighted by molar-refractivity contribution is 6.37. The lowest BCUT2D eigenvalue weighted by molar-refractivity contribution is -0.145. The number of nitrogens with zero attached hydrogens (tertiary/aromatic N) is 1. The lowest BCUT2D eigenvalue weighted by Crippen LogP contribution is -2.62. The third-order valence-corrected chi connectivity index (χ3v) is 10.5. The molecule has 0 spiro atoms. The van der Waals surface area contributed by atoms with Crippen molar-refractivity contribution in [2.24, 2.45) is 45.7 Å². The van der Waals surface area contributed by atoms with Crippen LogP contribution in [0.4, 0.5) is 4.79 Å². The third-order valence-electron chi connectivity index (χ3n) is 10.5. The number of likely N-dealkylation sites (tertiary alicyclic amines) is 1. The highest BCUT2D eigenvalue weighted by atomic mass is 16.2. The Bertz CT molecular complexity index is 1150. The fourth-order valence-corrected chi connectivity index (χ4v) is 7.56. The van der Waals surface area contributed by atoms with E-state index in [1.165, 1.54) is 0 Å². The van der Waals surface area contributed by atoms with Crippen LogP contribution >= 0.6 is 0 Å². The van der Waals surface area contributed by atoms with Crippen LogP contribution in [0, 0.1) is 39.9 Å². The van der Waals surface area contributed by atoms with E-state index in [-0.39, 0.29) is 34.5 Å². The minimum absolute atomic E-state index is 0.0874. The van der Waals surface area contributed by atoms with E-state index in [1.807, 2.05) is 20.8 Å². The zero-order valence-electron chi connectivity index (χ0n) is 29.8. The molecular weight excluding hydrogens is 570 g/mol. The van der Waals surface area contributed by atoms with E-state index in [0.29, 0.717) is 18.9 Å². The Kier molecular flexibility index (Phi) is 10.8. The first-order chi connectivity index (χ1) is 20.5. The van der Waals surface area contributed by atoms with Gasteiger partial charge in [0.2, 0.25) is 17.6 Å². The van der Waals surface area contributed by atoms with Crippen molar-refractivity contribution in [3.05, 3.63) is 0 Å². The predicted octanol–water partition coefficient (Wildman–Crippen LogP) is 4.54. The maximum atomic E-state index is 14.3. The van der Waals surface area contributed by atoms with Gasteiger partial charge in [0.1, 0.15) is 12.1 Å². The van der Waals surface area contributed by atoms with Gasteiger partial charge in [-0.2, -0.15) is 0 Å². The molecule has 3 fully saturated rings. The Morgan fingerprint density at radius 3 is 2.00 bits per heavy atom. The molecular formula is C35H61N5O5. The average Bonchev–Trinajstić information content (AvgIpc) is 3.18. The van der Waals surface area contributed by atoms with Gasteiger partial charge < -0.3 is 26.6 Å². The number of nitrogens with two attached hydrogens (primary N) is 1. The second-order valence-electron chi connectivity index (χ2n) is 17.8. The van der Waals surface area contributed by atoms with E-state index in [9.17, 15) is 24.0 Å². The number of hydrogen-bond acceptors (Lipinski definition) is 5. The molecule has 5 N–H and O–H groups in total. The summed E-state index contributed by atoms with van der Waals surface area (Å²) >= 11 is 0. The number of Topliss-reactive ketones (excluding diaryl/α,β-unsaturated/α-hetero) is 1. The van der Waals surface area contributed by atoms with Gasteiger partial charge in [-0.05, 0) is 72.5 Å². The summed E-state index contributed by atoms with van der Waals surface area (Å²) in [5.41, 5.74) is 4.21. The Morgan fingerprint density at radius 1 is 0.933 bits per heavy atom. The molecule has 3 aliphatic rings. The molecule has 10 nitrogen and oxygen atoms in total. The second kappa shape index (κ2) is 13.2. The molecule has 6 atom stereocenters. The molecule has 2 aliphatic carbocycles. The summed E-state index contributed by atoms with van der Waals surface area (Å²) < 4.78 is 0. The SMILES string of the molecule is CC(C)CC(C)(CCC(C)(C)C)NC(=O)N[C@H](C(=O)N1CC2[C@@H]([C@H]1C(=O)NC(CC1CCC1)C(=O)C(N)=O)C2(C)C)C(C)(C)C. The first-order valence-electron chi connectivity index (χ1n) is 17.0. The van der Waals surface area contributed by atoms with Crippen molar-refractivity contribution in [3.63, 3.8) is 0 Å². The molecule has 0 aromatic rings. The van der Waals surface area contributed by atoms with Crippen molar-refractivity contribution in [1.82, 2.24) is 20.9 Å². The van der Waals surface area contributed by atoms with E-state index in [0.717, 1.165) is 38.5 Å². The van der Waals surface area contributed by atoms with E-state index < -0.39 is 52.7 Å². The largest absolute Gasteiger partial charge is 0.363 e. The van der Waals surface area contributed by atoms with Gasteiger partial charge in [-0.1, -0.05) is 88.5 Å². The summed E-state index contributed by atoms with van der Waals surface area (Å²) in [7, 11) is 0. The Hall–Kier alpha value is -2.65. The summed E-state index contributed by atoms with van der Waals surface area (Å²) in [6.07, 6.45) is 5.83. The van der Waals surface area contributed by atoms with Crippen molar-refractivity contribution < 1.29 is 24.0 Å². The van der Waals surface area contributed by atoms with Crippen LogP contribution in [0.5, 0.6) is 0 Å². The van der Waals surface area contributed by atoms with Gasteiger partial charge >= 0.3 is 6.03 Å². The van der Waals surface area contributed by atoms with E-state index >= 15 is 0 Å². The highest BCUT2D eigenvalue weighted by Gasteiger charge is 2.70. The fourth-order valence-electron chi connectivity index (χ4n) is 7.56. The van der Waals surface area contributed by atoms with Crippen molar-refractivity contribution in [2.75, 3.05) is 6.54 Å². The van der Waals surface area contributed by atoms with Crippen molar-refractivity contribution >= 4 is 29.5 Å². The molecule has 5 amide bonds. The molecule has 3 unspecified atom stereocenters. The number of rotatable bonds is 13. The first-order valence-corrected chi connectivity index (χ1v) is 17.0. The number of piperidine rings is 1. The molecule has 0 aromatic carbocycles. The fraction of sp³-hybridized carbons (Fsp3) is 0.857. The van der Waals surface area contributed by atoms with E-state index in [1.54, 1.807) is 4.90 Å². The van der Waals surface area contributed by atoms with Crippen LogP contribution in [0.15, 0.2) is 0 Å². The zero-order valence-corrected chi connectivity index (χ0v) is 29.8. The molecule has 45 heavy (non-hydrogen) atoms.